The number of nitrogens with one attached hydrogen (secondary N) is 2. The van der Waals surface area contributed by atoms with E-state index in [0.29, 0.717) is 12.8 Å². The molecule has 4 atom stereocenters. The molecule has 1 aromatic rings. The van der Waals surface area contributed by atoms with Crippen molar-refractivity contribution in [3.05, 3.63) is 42.0 Å². The van der Waals surface area contributed by atoms with Gasteiger partial charge in [0.05, 0.1) is 11.8 Å². The summed E-state index contributed by atoms with van der Waals surface area (Å²) in [5, 5.41) is 18.6. The highest BCUT2D eigenvalue weighted by molar-refractivity contribution is 5.88. The number of aromatic hydroxyl groups is 1. The molecular weight excluding hydrogens is 324 g/mol. The number of hydrogen-bond acceptors (Lipinski definition) is 4. The van der Waals surface area contributed by atoms with E-state index in [0.717, 1.165) is 5.56 Å². The van der Waals surface area contributed by atoms with Gasteiger partial charge in [-0.25, -0.2) is 0 Å². The quantitative estimate of drug-likeness (QED) is 0.470. The SMILES string of the molecule is O=C(CCc1ccc(O)cc1)NNC(=O)C1C2C=CC(C2)C1C(=O)O. The van der Waals surface area contributed by atoms with Crippen molar-refractivity contribution in [2.24, 2.45) is 23.7 Å². The van der Waals surface area contributed by atoms with Gasteiger partial charge >= 0.3 is 5.97 Å². The summed E-state index contributed by atoms with van der Waals surface area (Å²) < 4.78 is 0. The number of hydrogen-bond donors (Lipinski definition) is 4. The number of phenols is 1. The Kier molecular flexibility index (Phi) is 4.74. The molecule has 25 heavy (non-hydrogen) atoms. The van der Waals surface area contributed by atoms with E-state index in [9.17, 15) is 24.6 Å². The number of rotatable bonds is 5. The van der Waals surface area contributed by atoms with Gasteiger partial charge in [-0.15, -0.1) is 0 Å². The van der Waals surface area contributed by atoms with Crippen molar-refractivity contribution >= 4 is 17.8 Å². The predicted molar refractivity (Wildman–Crippen MR) is 88.1 cm³/mol. The second-order valence-corrected chi connectivity index (χ2v) is 6.54. The minimum absolute atomic E-state index is 0.0833. The maximum Gasteiger partial charge on any atom is 0.307 e. The number of hydrazine groups is 1. The van der Waals surface area contributed by atoms with E-state index in [1.54, 1.807) is 24.3 Å². The third-order valence-corrected chi connectivity index (χ3v) is 4.95. The molecule has 0 heterocycles. The monoisotopic (exact) mass is 344 g/mol. The number of amides is 2. The second-order valence-electron chi connectivity index (χ2n) is 6.54. The van der Waals surface area contributed by atoms with Crippen molar-refractivity contribution in [1.82, 2.24) is 10.9 Å². The highest BCUT2D eigenvalue weighted by Crippen LogP contribution is 2.48. The molecule has 1 saturated carbocycles. The van der Waals surface area contributed by atoms with Crippen LogP contribution in [0, 0.1) is 23.7 Å². The highest BCUT2D eigenvalue weighted by Gasteiger charge is 2.51. The number of phenolic OH excluding ortho intramolecular Hbond substituents is 1. The molecular formula is C18H20N2O5. The zero-order chi connectivity index (χ0) is 18.0. The first-order valence-electron chi connectivity index (χ1n) is 8.23. The number of carboxylic acid groups (broad SMARTS) is 1. The molecule has 7 nitrogen and oxygen atoms in total. The molecule has 3 rings (SSSR count). The normalized spacial score (nSPS) is 26.4. The first-order valence-corrected chi connectivity index (χ1v) is 8.23. The van der Waals surface area contributed by atoms with Crippen LogP contribution in [0.4, 0.5) is 0 Å². The Bertz CT molecular complexity index is 713. The first-order chi connectivity index (χ1) is 12.0. The van der Waals surface area contributed by atoms with Crippen LogP contribution in [0.25, 0.3) is 0 Å². The Morgan fingerprint density at radius 1 is 1.00 bits per heavy atom. The molecule has 7 heteroatoms. The number of carboxylic acids is 1. The lowest BCUT2D eigenvalue weighted by molar-refractivity contribution is -0.148. The molecule has 4 N–H and O–H groups in total. The molecule has 0 spiro atoms. The Morgan fingerprint density at radius 2 is 1.64 bits per heavy atom. The van der Waals surface area contributed by atoms with Gasteiger partial charge in [-0.05, 0) is 42.4 Å². The molecule has 4 unspecified atom stereocenters. The molecule has 1 fully saturated rings. The second kappa shape index (κ2) is 6.96. The van der Waals surface area contributed by atoms with Crippen LogP contribution < -0.4 is 10.9 Å². The Morgan fingerprint density at radius 3 is 2.28 bits per heavy atom. The molecule has 132 valence electrons. The largest absolute Gasteiger partial charge is 0.508 e. The number of carbonyl (C=O) groups is 3. The Labute approximate surface area is 144 Å². The summed E-state index contributed by atoms with van der Waals surface area (Å²) in [6, 6.07) is 6.54. The predicted octanol–water partition coefficient (Wildman–Crippen LogP) is 0.995. The molecule has 0 aromatic heterocycles. The van der Waals surface area contributed by atoms with Crippen LogP contribution >= 0.6 is 0 Å². The van der Waals surface area contributed by atoms with Gasteiger partial charge < -0.3 is 10.2 Å². The highest BCUT2D eigenvalue weighted by atomic mass is 16.4. The Hall–Kier alpha value is -2.83. The van der Waals surface area contributed by atoms with E-state index in [2.05, 4.69) is 10.9 Å². The number of fused-ring (bicyclic) bond motifs is 2. The maximum absolute atomic E-state index is 12.3. The van der Waals surface area contributed by atoms with Crippen LogP contribution in [-0.4, -0.2) is 28.0 Å². The van der Waals surface area contributed by atoms with Gasteiger partial charge in [0.15, 0.2) is 0 Å². The molecule has 0 radical (unpaired) electrons. The van der Waals surface area contributed by atoms with E-state index in [4.69, 9.17) is 0 Å². The third kappa shape index (κ3) is 3.65. The van der Waals surface area contributed by atoms with Gasteiger partial charge in [0.2, 0.25) is 11.8 Å². The number of allylic oxidation sites excluding steroid dienone is 2. The fourth-order valence-corrected chi connectivity index (χ4v) is 3.71. The lowest BCUT2D eigenvalue weighted by Crippen LogP contribution is -2.48. The van der Waals surface area contributed by atoms with E-state index in [1.807, 2.05) is 12.2 Å². The van der Waals surface area contributed by atoms with Crippen molar-refractivity contribution in [3.8, 4) is 5.75 Å². The minimum atomic E-state index is -0.976. The van der Waals surface area contributed by atoms with Crippen LogP contribution in [0.5, 0.6) is 5.75 Å². The van der Waals surface area contributed by atoms with E-state index in [-0.39, 0.29) is 29.9 Å². The first kappa shape index (κ1) is 17.0. The number of aryl methyl sites for hydroxylation is 1. The Balaban J connectivity index is 1.48. The van der Waals surface area contributed by atoms with Crippen LogP contribution in [0.3, 0.4) is 0 Å². The van der Waals surface area contributed by atoms with Gasteiger partial charge in [-0.1, -0.05) is 24.3 Å². The topological polar surface area (TPSA) is 116 Å². The molecule has 2 amide bonds. The van der Waals surface area contributed by atoms with Gasteiger partial charge in [0, 0.05) is 6.42 Å². The van der Waals surface area contributed by atoms with Gasteiger partial charge in [-0.3, -0.25) is 25.2 Å². The minimum Gasteiger partial charge on any atom is -0.508 e. The van der Waals surface area contributed by atoms with Crippen LogP contribution in [0.1, 0.15) is 18.4 Å². The summed E-state index contributed by atoms with van der Waals surface area (Å²) in [5.74, 6) is -3.20. The fraction of sp³-hybridized carbons (Fsp3) is 0.389. The molecule has 2 aliphatic rings. The molecule has 2 bridgehead atoms. The summed E-state index contributed by atoms with van der Waals surface area (Å²) in [5.41, 5.74) is 5.61. The summed E-state index contributed by atoms with van der Waals surface area (Å²) in [6.07, 6.45) is 5.06. The molecule has 2 aliphatic carbocycles. The summed E-state index contributed by atoms with van der Waals surface area (Å²) in [4.78, 5) is 35.6. The summed E-state index contributed by atoms with van der Waals surface area (Å²) in [7, 11) is 0. The van der Waals surface area contributed by atoms with Crippen molar-refractivity contribution in [2.45, 2.75) is 19.3 Å². The fourth-order valence-electron chi connectivity index (χ4n) is 3.71. The summed E-state index contributed by atoms with van der Waals surface area (Å²) >= 11 is 0. The van der Waals surface area contributed by atoms with Crippen LogP contribution in [0.2, 0.25) is 0 Å². The average molecular weight is 344 g/mol. The number of aliphatic carboxylic acids is 1. The van der Waals surface area contributed by atoms with Crippen molar-refractivity contribution < 1.29 is 24.6 Å². The number of carbonyl (C=O) groups excluding carboxylic acids is 2. The van der Waals surface area contributed by atoms with Crippen molar-refractivity contribution in [3.63, 3.8) is 0 Å². The summed E-state index contributed by atoms with van der Waals surface area (Å²) in [6.45, 7) is 0. The average Bonchev–Trinajstić information content (AvgIpc) is 3.20. The molecule has 0 aliphatic heterocycles. The van der Waals surface area contributed by atoms with Gasteiger partial charge in [-0.2, -0.15) is 0 Å². The van der Waals surface area contributed by atoms with E-state index >= 15 is 0 Å². The molecule has 1 aromatic carbocycles. The number of benzene rings is 1. The molecule has 0 saturated heterocycles. The smallest absolute Gasteiger partial charge is 0.307 e. The van der Waals surface area contributed by atoms with Gasteiger partial charge in [0.25, 0.3) is 0 Å². The lowest BCUT2D eigenvalue weighted by Gasteiger charge is -2.23. The zero-order valence-electron chi connectivity index (χ0n) is 13.5. The van der Waals surface area contributed by atoms with E-state index in [1.165, 1.54) is 0 Å². The van der Waals surface area contributed by atoms with Gasteiger partial charge in [0.1, 0.15) is 5.75 Å². The van der Waals surface area contributed by atoms with Crippen LogP contribution in [0.15, 0.2) is 36.4 Å². The standard InChI is InChI=1S/C18H20N2O5/c21-13-6-1-10(2-7-13)3-8-14(22)19-20-17(23)15-11-4-5-12(9-11)16(15)18(24)25/h1-2,4-7,11-12,15-16,21H,3,8-9H2,(H,19,22)(H,20,23)(H,24,25). The van der Waals surface area contributed by atoms with Crippen LogP contribution in [-0.2, 0) is 20.8 Å². The lowest BCUT2D eigenvalue weighted by atomic mass is 9.82. The van der Waals surface area contributed by atoms with E-state index < -0.39 is 23.7 Å². The maximum atomic E-state index is 12.3. The van der Waals surface area contributed by atoms with Crippen molar-refractivity contribution in [2.75, 3.05) is 0 Å². The zero-order valence-corrected chi connectivity index (χ0v) is 13.5. The van der Waals surface area contributed by atoms with Crippen molar-refractivity contribution in [1.29, 1.82) is 0 Å². The third-order valence-electron chi connectivity index (χ3n) is 4.95.